The number of hydrogen-bond acceptors (Lipinski definition) is 4. The molecule has 0 aliphatic heterocycles. The van der Waals surface area contributed by atoms with Crippen molar-refractivity contribution in [3.63, 3.8) is 0 Å². The third-order valence-corrected chi connectivity index (χ3v) is 3.63. The van der Waals surface area contributed by atoms with Gasteiger partial charge in [-0.3, -0.25) is 0 Å². The van der Waals surface area contributed by atoms with E-state index in [0.717, 1.165) is 23.0 Å². The predicted octanol–water partition coefficient (Wildman–Crippen LogP) is 2.72. The lowest BCUT2D eigenvalue weighted by Crippen LogP contribution is -2.19. The molecule has 3 nitrogen and oxygen atoms in total. The van der Waals surface area contributed by atoms with Crippen molar-refractivity contribution in [1.82, 2.24) is 5.32 Å². The van der Waals surface area contributed by atoms with Crippen molar-refractivity contribution < 1.29 is 9.47 Å². The number of hydrogen-bond donors (Lipinski definition) is 1. The second-order valence-electron chi connectivity index (χ2n) is 3.61. The van der Waals surface area contributed by atoms with Crippen molar-refractivity contribution in [1.29, 1.82) is 0 Å². The fourth-order valence-electron chi connectivity index (χ4n) is 1.67. The molecule has 0 aliphatic carbocycles. The molecule has 0 saturated carbocycles. The van der Waals surface area contributed by atoms with Crippen LogP contribution >= 0.6 is 11.8 Å². The largest absolute Gasteiger partial charge is 0.497 e. The van der Waals surface area contributed by atoms with Crippen molar-refractivity contribution in [2.24, 2.45) is 0 Å². The third kappa shape index (κ3) is 3.82. The Hall–Kier alpha value is -0.870. The molecule has 1 atom stereocenters. The van der Waals surface area contributed by atoms with Crippen molar-refractivity contribution >= 4 is 11.8 Å². The zero-order chi connectivity index (χ0) is 12.7. The molecule has 1 unspecified atom stereocenters. The minimum Gasteiger partial charge on any atom is -0.497 e. The van der Waals surface area contributed by atoms with Crippen LogP contribution in [0, 0.1) is 0 Å². The van der Waals surface area contributed by atoms with E-state index in [-0.39, 0.29) is 0 Å². The Morgan fingerprint density at radius 1 is 1.29 bits per heavy atom. The van der Waals surface area contributed by atoms with Gasteiger partial charge in [0.15, 0.2) is 0 Å². The van der Waals surface area contributed by atoms with E-state index in [2.05, 4.69) is 18.3 Å². The molecule has 0 bridgehead atoms. The average molecular weight is 255 g/mol. The molecule has 1 rings (SSSR count). The Labute approximate surface area is 108 Å². The summed E-state index contributed by atoms with van der Waals surface area (Å²) in [7, 11) is 5.33. The Morgan fingerprint density at radius 3 is 2.59 bits per heavy atom. The minimum atomic E-state index is 0.306. The van der Waals surface area contributed by atoms with Gasteiger partial charge in [-0.1, -0.05) is 13.0 Å². The first-order chi connectivity index (χ1) is 8.26. The van der Waals surface area contributed by atoms with Crippen LogP contribution in [-0.2, 0) is 0 Å². The fourth-order valence-corrected chi connectivity index (χ4v) is 2.49. The molecule has 1 aromatic rings. The van der Waals surface area contributed by atoms with Crippen LogP contribution in [0.25, 0.3) is 0 Å². The lowest BCUT2D eigenvalue weighted by molar-refractivity contribution is 0.387. The first-order valence-corrected chi connectivity index (χ1v) is 6.89. The quantitative estimate of drug-likeness (QED) is 0.811. The van der Waals surface area contributed by atoms with E-state index < -0.39 is 0 Å². The highest BCUT2D eigenvalue weighted by Gasteiger charge is 2.14. The van der Waals surface area contributed by atoms with Gasteiger partial charge in [0.25, 0.3) is 0 Å². The van der Waals surface area contributed by atoms with Crippen LogP contribution in [0.3, 0.4) is 0 Å². The maximum atomic E-state index is 5.42. The highest BCUT2D eigenvalue weighted by Crippen LogP contribution is 2.30. The highest BCUT2D eigenvalue weighted by atomic mass is 32.2. The van der Waals surface area contributed by atoms with E-state index in [1.54, 1.807) is 14.2 Å². The van der Waals surface area contributed by atoms with Gasteiger partial charge in [0, 0.05) is 23.4 Å². The van der Waals surface area contributed by atoms with E-state index in [9.17, 15) is 0 Å². The number of thioether (sulfide) groups is 1. The minimum absolute atomic E-state index is 0.306. The van der Waals surface area contributed by atoms with Gasteiger partial charge in [-0.25, -0.2) is 0 Å². The summed E-state index contributed by atoms with van der Waals surface area (Å²) in [5.41, 5.74) is 1.18. The lowest BCUT2D eigenvalue weighted by Gasteiger charge is -2.19. The van der Waals surface area contributed by atoms with Crippen molar-refractivity contribution in [3.8, 4) is 11.5 Å². The summed E-state index contributed by atoms with van der Waals surface area (Å²) in [5.74, 6) is 3.86. The fraction of sp³-hybridized carbons (Fsp3) is 0.538. The summed E-state index contributed by atoms with van der Waals surface area (Å²) < 4.78 is 10.6. The smallest absolute Gasteiger partial charge is 0.127 e. The number of rotatable bonds is 7. The Balaban J connectivity index is 2.93. The van der Waals surface area contributed by atoms with Crippen LogP contribution in [0.15, 0.2) is 18.2 Å². The van der Waals surface area contributed by atoms with Gasteiger partial charge >= 0.3 is 0 Å². The maximum absolute atomic E-state index is 5.42. The molecule has 17 heavy (non-hydrogen) atoms. The molecule has 1 aromatic carbocycles. The van der Waals surface area contributed by atoms with E-state index in [4.69, 9.17) is 9.47 Å². The maximum Gasteiger partial charge on any atom is 0.127 e. The average Bonchev–Trinajstić information content (AvgIpc) is 2.39. The Kier molecular flexibility index (Phi) is 6.22. The van der Waals surface area contributed by atoms with Crippen LogP contribution in [0.4, 0.5) is 0 Å². The van der Waals surface area contributed by atoms with Crippen LogP contribution in [0.1, 0.15) is 18.5 Å². The van der Waals surface area contributed by atoms with E-state index in [1.165, 1.54) is 5.56 Å². The molecule has 1 N–H and O–H groups in total. The van der Waals surface area contributed by atoms with Gasteiger partial charge in [-0.15, -0.1) is 0 Å². The summed E-state index contributed by atoms with van der Waals surface area (Å²) in [5, 5.41) is 3.32. The summed E-state index contributed by atoms with van der Waals surface area (Å²) in [6, 6.07) is 6.27. The third-order valence-electron chi connectivity index (χ3n) is 2.65. The van der Waals surface area contributed by atoms with Gasteiger partial charge < -0.3 is 14.8 Å². The second kappa shape index (κ2) is 7.45. The molecule has 0 amide bonds. The zero-order valence-electron chi connectivity index (χ0n) is 10.9. The van der Waals surface area contributed by atoms with Crippen LogP contribution < -0.4 is 14.8 Å². The molecule has 4 heteroatoms. The first-order valence-electron chi connectivity index (χ1n) is 5.73. The zero-order valence-corrected chi connectivity index (χ0v) is 11.8. The van der Waals surface area contributed by atoms with Crippen molar-refractivity contribution in [3.05, 3.63) is 23.8 Å². The molecule has 0 aliphatic rings. The molecular formula is C13H21NO2S. The summed E-state index contributed by atoms with van der Waals surface area (Å²) in [6.45, 7) is 2.17. The van der Waals surface area contributed by atoms with Gasteiger partial charge in [-0.05, 0) is 18.9 Å². The second-order valence-corrected chi connectivity index (χ2v) is 4.93. The van der Waals surface area contributed by atoms with Crippen LogP contribution in [0.5, 0.6) is 11.5 Å². The molecular weight excluding hydrogens is 234 g/mol. The normalized spacial score (nSPS) is 12.2. The number of ether oxygens (including phenoxy) is 2. The predicted molar refractivity (Wildman–Crippen MR) is 74.3 cm³/mol. The summed E-state index contributed by atoms with van der Waals surface area (Å²) >= 11 is 1.92. The molecule has 0 radical (unpaired) electrons. The first kappa shape index (κ1) is 14.2. The monoisotopic (exact) mass is 255 g/mol. The van der Waals surface area contributed by atoms with Gasteiger partial charge in [0.2, 0.25) is 0 Å². The Morgan fingerprint density at radius 2 is 2.06 bits per heavy atom. The molecule has 0 aromatic heterocycles. The van der Waals surface area contributed by atoms with E-state index >= 15 is 0 Å². The van der Waals surface area contributed by atoms with Gasteiger partial charge in [-0.2, -0.15) is 11.8 Å². The highest BCUT2D eigenvalue weighted by molar-refractivity contribution is 7.99. The lowest BCUT2D eigenvalue weighted by atomic mass is 10.1. The Bertz CT molecular complexity index is 344. The number of benzene rings is 1. The SMILES string of the molecule is CCSCC(NC)c1ccc(OC)cc1OC. The molecule has 0 spiro atoms. The van der Waals surface area contributed by atoms with Crippen LogP contribution in [0.2, 0.25) is 0 Å². The summed E-state index contributed by atoms with van der Waals surface area (Å²) in [6.07, 6.45) is 0. The molecule has 96 valence electrons. The van der Waals surface area contributed by atoms with E-state index in [0.29, 0.717) is 6.04 Å². The summed E-state index contributed by atoms with van der Waals surface area (Å²) in [4.78, 5) is 0. The molecule has 0 heterocycles. The number of methoxy groups -OCH3 is 2. The van der Waals surface area contributed by atoms with Gasteiger partial charge in [0.1, 0.15) is 11.5 Å². The van der Waals surface area contributed by atoms with Crippen molar-refractivity contribution in [2.75, 3.05) is 32.8 Å². The van der Waals surface area contributed by atoms with Crippen molar-refractivity contribution in [2.45, 2.75) is 13.0 Å². The standard InChI is InChI=1S/C13H21NO2S/c1-5-17-9-12(14-2)11-7-6-10(15-3)8-13(11)16-4/h6-8,12,14H,5,9H2,1-4H3. The van der Waals surface area contributed by atoms with E-state index in [1.807, 2.05) is 30.9 Å². The topological polar surface area (TPSA) is 30.5 Å². The number of nitrogens with one attached hydrogen (secondary N) is 1. The molecule has 0 saturated heterocycles. The van der Waals surface area contributed by atoms with Gasteiger partial charge in [0.05, 0.1) is 14.2 Å². The van der Waals surface area contributed by atoms with Crippen LogP contribution in [-0.4, -0.2) is 32.8 Å². The molecule has 0 fully saturated rings.